The number of likely N-dealkylation sites (N-methyl/N-ethyl adjacent to an activating group) is 1. The van der Waals surface area contributed by atoms with Gasteiger partial charge in [0.1, 0.15) is 6.04 Å². The van der Waals surface area contributed by atoms with Crippen LogP contribution in [0.4, 0.5) is 0 Å². The minimum Gasteiger partial charge on any atom is -0.357 e. The van der Waals surface area contributed by atoms with Gasteiger partial charge in [0.05, 0.1) is 0 Å². The molecular formula is C10H21N3O2. The second-order valence-corrected chi connectivity index (χ2v) is 4.39. The molecule has 0 saturated carbocycles. The molecule has 0 aromatic carbocycles. The van der Waals surface area contributed by atoms with Crippen molar-refractivity contribution in [3.05, 3.63) is 0 Å². The van der Waals surface area contributed by atoms with E-state index in [1.54, 1.807) is 6.92 Å². The summed E-state index contributed by atoms with van der Waals surface area (Å²) < 4.78 is 0. The second-order valence-electron chi connectivity index (χ2n) is 4.39. The predicted octanol–water partition coefficient (Wildman–Crippen LogP) is -0.245. The van der Waals surface area contributed by atoms with E-state index in [0.717, 1.165) is 0 Å². The van der Waals surface area contributed by atoms with Crippen molar-refractivity contribution >= 4 is 11.8 Å². The molecule has 0 radical (unpaired) electrons. The van der Waals surface area contributed by atoms with Crippen LogP contribution in [0.5, 0.6) is 0 Å². The molecule has 0 aliphatic rings. The zero-order chi connectivity index (χ0) is 12.1. The van der Waals surface area contributed by atoms with Gasteiger partial charge in [-0.3, -0.25) is 9.59 Å². The molecule has 1 atom stereocenters. The van der Waals surface area contributed by atoms with Crippen LogP contribution in [0.1, 0.15) is 33.6 Å². The normalized spacial score (nSPS) is 13.1. The van der Waals surface area contributed by atoms with Crippen molar-refractivity contribution in [1.82, 2.24) is 10.6 Å². The first-order valence-electron chi connectivity index (χ1n) is 5.06. The van der Waals surface area contributed by atoms with E-state index in [9.17, 15) is 9.59 Å². The monoisotopic (exact) mass is 215 g/mol. The number of carbonyl (C=O) groups excluding carboxylic acids is 2. The van der Waals surface area contributed by atoms with E-state index < -0.39 is 6.04 Å². The van der Waals surface area contributed by atoms with Gasteiger partial charge in [-0.25, -0.2) is 0 Å². The van der Waals surface area contributed by atoms with Crippen LogP contribution < -0.4 is 16.4 Å². The molecule has 0 aromatic rings. The Morgan fingerprint density at radius 2 is 1.93 bits per heavy atom. The molecule has 88 valence electrons. The number of hydrogen-bond donors (Lipinski definition) is 3. The quantitative estimate of drug-likeness (QED) is 0.591. The van der Waals surface area contributed by atoms with Crippen molar-refractivity contribution in [2.45, 2.75) is 45.2 Å². The van der Waals surface area contributed by atoms with Crippen LogP contribution in [0.15, 0.2) is 0 Å². The summed E-state index contributed by atoms with van der Waals surface area (Å²) in [6.45, 7) is 5.37. The van der Waals surface area contributed by atoms with E-state index in [1.807, 2.05) is 13.8 Å². The van der Waals surface area contributed by atoms with Gasteiger partial charge in [0.25, 0.3) is 0 Å². The number of amides is 2. The van der Waals surface area contributed by atoms with Gasteiger partial charge in [-0.15, -0.1) is 0 Å². The summed E-state index contributed by atoms with van der Waals surface area (Å²) in [5, 5.41) is 5.06. The maximum Gasteiger partial charge on any atom is 0.242 e. The Labute approximate surface area is 90.8 Å². The molecule has 15 heavy (non-hydrogen) atoms. The Morgan fingerprint density at radius 3 is 2.33 bits per heavy atom. The summed E-state index contributed by atoms with van der Waals surface area (Å²) in [5.74, 6) is -0.347. The van der Waals surface area contributed by atoms with Gasteiger partial charge in [-0.2, -0.15) is 0 Å². The fourth-order valence-electron chi connectivity index (χ4n) is 1.03. The van der Waals surface area contributed by atoms with Crippen LogP contribution in [0.25, 0.3) is 0 Å². The molecule has 0 heterocycles. The Morgan fingerprint density at radius 1 is 1.40 bits per heavy atom. The van der Waals surface area contributed by atoms with Crippen LogP contribution in [0, 0.1) is 0 Å². The van der Waals surface area contributed by atoms with E-state index >= 15 is 0 Å². The number of hydrogen-bond acceptors (Lipinski definition) is 3. The molecule has 5 heteroatoms. The lowest BCUT2D eigenvalue weighted by molar-refractivity contribution is -0.128. The Bertz CT molecular complexity index is 233. The van der Waals surface area contributed by atoms with E-state index in [-0.39, 0.29) is 17.4 Å². The van der Waals surface area contributed by atoms with Crippen molar-refractivity contribution < 1.29 is 9.59 Å². The molecular weight excluding hydrogens is 194 g/mol. The Kier molecular flexibility index (Phi) is 5.28. The molecule has 0 bridgehead atoms. The van der Waals surface area contributed by atoms with Crippen molar-refractivity contribution in [1.29, 1.82) is 0 Å². The van der Waals surface area contributed by atoms with Crippen molar-refractivity contribution in [2.24, 2.45) is 5.73 Å². The molecule has 1 unspecified atom stereocenters. The highest BCUT2D eigenvalue weighted by atomic mass is 16.2. The van der Waals surface area contributed by atoms with Crippen molar-refractivity contribution in [3.8, 4) is 0 Å². The highest BCUT2D eigenvalue weighted by molar-refractivity contribution is 5.87. The standard InChI is InChI=1S/C10H21N3O2/c1-7(9(15)12-4)13-8(14)5-6-10(2,3)11/h7H,5-6,11H2,1-4H3,(H,12,15)(H,13,14). The molecule has 0 saturated heterocycles. The lowest BCUT2D eigenvalue weighted by Gasteiger charge is -2.18. The molecule has 0 spiro atoms. The first-order valence-corrected chi connectivity index (χ1v) is 5.06. The second kappa shape index (κ2) is 5.70. The van der Waals surface area contributed by atoms with Crippen molar-refractivity contribution in [2.75, 3.05) is 7.05 Å². The zero-order valence-electron chi connectivity index (χ0n) is 9.89. The SMILES string of the molecule is CNC(=O)C(C)NC(=O)CCC(C)(C)N. The number of nitrogens with one attached hydrogen (secondary N) is 2. The summed E-state index contributed by atoms with van der Waals surface area (Å²) in [6.07, 6.45) is 0.935. The Hall–Kier alpha value is -1.10. The minimum atomic E-state index is -0.497. The molecule has 0 aliphatic heterocycles. The molecule has 5 nitrogen and oxygen atoms in total. The largest absolute Gasteiger partial charge is 0.357 e. The smallest absolute Gasteiger partial charge is 0.242 e. The molecule has 0 rings (SSSR count). The molecule has 0 aromatic heterocycles. The average Bonchev–Trinajstić information content (AvgIpc) is 2.12. The molecule has 0 fully saturated rings. The summed E-state index contributed by atoms with van der Waals surface area (Å²) in [5.41, 5.74) is 5.39. The van der Waals surface area contributed by atoms with Gasteiger partial charge in [-0.05, 0) is 27.2 Å². The highest BCUT2D eigenvalue weighted by Gasteiger charge is 2.16. The van der Waals surface area contributed by atoms with Crippen LogP contribution in [-0.2, 0) is 9.59 Å². The minimum absolute atomic E-state index is 0.148. The summed E-state index contributed by atoms with van der Waals surface area (Å²) in [6, 6.07) is -0.497. The molecule has 0 aliphatic carbocycles. The third kappa shape index (κ3) is 6.90. The van der Waals surface area contributed by atoms with Gasteiger partial charge in [0.15, 0.2) is 0 Å². The van der Waals surface area contributed by atoms with E-state index in [2.05, 4.69) is 10.6 Å². The van der Waals surface area contributed by atoms with Crippen LogP contribution in [0.3, 0.4) is 0 Å². The number of nitrogens with two attached hydrogens (primary N) is 1. The maximum atomic E-state index is 11.4. The molecule has 4 N–H and O–H groups in total. The summed E-state index contributed by atoms with van der Waals surface area (Å²) in [4.78, 5) is 22.5. The van der Waals surface area contributed by atoms with Crippen LogP contribution >= 0.6 is 0 Å². The Balaban J connectivity index is 3.89. The van der Waals surface area contributed by atoms with Gasteiger partial charge in [0.2, 0.25) is 11.8 Å². The average molecular weight is 215 g/mol. The summed E-state index contributed by atoms with van der Waals surface area (Å²) >= 11 is 0. The zero-order valence-corrected chi connectivity index (χ0v) is 9.89. The fourth-order valence-corrected chi connectivity index (χ4v) is 1.03. The van der Waals surface area contributed by atoms with E-state index in [0.29, 0.717) is 12.8 Å². The third-order valence-corrected chi connectivity index (χ3v) is 2.01. The predicted molar refractivity (Wildman–Crippen MR) is 59.2 cm³/mol. The molecule has 2 amide bonds. The van der Waals surface area contributed by atoms with Gasteiger partial charge >= 0.3 is 0 Å². The first-order chi connectivity index (χ1) is 6.76. The van der Waals surface area contributed by atoms with Crippen LogP contribution in [0.2, 0.25) is 0 Å². The third-order valence-electron chi connectivity index (χ3n) is 2.01. The van der Waals surface area contributed by atoms with Gasteiger partial charge in [-0.1, -0.05) is 0 Å². The first kappa shape index (κ1) is 13.9. The van der Waals surface area contributed by atoms with E-state index in [1.165, 1.54) is 7.05 Å². The lowest BCUT2D eigenvalue weighted by atomic mass is 10.00. The van der Waals surface area contributed by atoms with Gasteiger partial charge in [0, 0.05) is 19.0 Å². The topological polar surface area (TPSA) is 84.2 Å². The number of carbonyl (C=O) groups is 2. The van der Waals surface area contributed by atoms with E-state index in [4.69, 9.17) is 5.73 Å². The maximum absolute atomic E-state index is 11.4. The highest BCUT2D eigenvalue weighted by Crippen LogP contribution is 2.06. The van der Waals surface area contributed by atoms with Crippen molar-refractivity contribution in [3.63, 3.8) is 0 Å². The van der Waals surface area contributed by atoms with Gasteiger partial charge < -0.3 is 16.4 Å². The van der Waals surface area contributed by atoms with Crippen LogP contribution in [-0.4, -0.2) is 30.4 Å². The fraction of sp³-hybridized carbons (Fsp3) is 0.800. The summed E-state index contributed by atoms with van der Waals surface area (Å²) in [7, 11) is 1.54. The number of rotatable bonds is 5. The lowest BCUT2D eigenvalue weighted by Crippen LogP contribution is -2.44.